The van der Waals surface area contributed by atoms with Gasteiger partial charge in [-0.3, -0.25) is 4.79 Å². The van der Waals surface area contributed by atoms with Crippen LogP contribution in [-0.4, -0.2) is 17.8 Å². The van der Waals surface area contributed by atoms with Crippen LogP contribution in [0, 0.1) is 0 Å². The van der Waals surface area contributed by atoms with Crippen molar-refractivity contribution in [3.8, 4) is 0 Å². The SMILES string of the molecule is CC(Cl)CCCNC(=O)CCCc1cccs1. The van der Waals surface area contributed by atoms with Gasteiger partial charge in [0.05, 0.1) is 0 Å². The van der Waals surface area contributed by atoms with E-state index in [1.807, 2.05) is 13.0 Å². The van der Waals surface area contributed by atoms with Gasteiger partial charge in [-0.2, -0.15) is 0 Å². The summed E-state index contributed by atoms with van der Waals surface area (Å²) in [5, 5.41) is 5.20. The van der Waals surface area contributed by atoms with Crippen molar-refractivity contribution in [3.05, 3.63) is 22.4 Å². The highest BCUT2D eigenvalue weighted by molar-refractivity contribution is 7.09. The maximum atomic E-state index is 11.5. The number of amides is 1. The van der Waals surface area contributed by atoms with Crippen LogP contribution in [0.2, 0.25) is 0 Å². The summed E-state index contributed by atoms with van der Waals surface area (Å²) in [5.74, 6) is 0.156. The van der Waals surface area contributed by atoms with Crippen LogP contribution in [0.5, 0.6) is 0 Å². The standard InChI is InChI=1S/C13H20ClNOS/c1-11(14)5-3-9-15-13(16)8-2-6-12-7-4-10-17-12/h4,7,10-11H,2-3,5-6,8-9H2,1H3,(H,15,16). The normalized spacial score (nSPS) is 12.4. The molecule has 0 spiro atoms. The molecule has 17 heavy (non-hydrogen) atoms. The molecule has 0 fully saturated rings. The maximum absolute atomic E-state index is 11.5. The summed E-state index contributed by atoms with van der Waals surface area (Å²) in [7, 11) is 0. The monoisotopic (exact) mass is 273 g/mol. The van der Waals surface area contributed by atoms with E-state index >= 15 is 0 Å². The molecule has 0 radical (unpaired) electrons. The van der Waals surface area contributed by atoms with Gasteiger partial charge in [-0.15, -0.1) is 22.9 Å². The molecule has 1 aromatic heterocycles. The molecule has 0 aliphatic rings. The fraction of sp³-hybridized carbons (Fsp3) is 0.615. The van der Waals surface area contributed by atoms with E-state index in [2.05, 4.69) is 16.8 Å². The summed E-state index contributed by atoms with van der Waals surface area (Å²) < 4.78 is 0. The van der Waals surface area contributed by atoms with Gasteiger partial charge in [-0.1, -0.05) is 6.07 Å². The Bertz CT molecular complexity index is 311. The first-order valence-electron chi connectivity index (χ1n) is 6.11. The van der Waals surface area contributed by atoms with E-state index in [0.29, 0.717) is 6.42 Å². The average Bonchev–Trinajstić information content (AvgIpc) is 2.77. The highest BCUT2D eigenvalue weighted by Gasteiger charge is 2.02. The van der Waals surface area contributed by atoms with Crippen LogP contribution in [-0.2, 0) is 11.2 Å². The molecule has 1 atom stereocenters. The largest absolute Gasteiger partial charge is 0.356 e. The first-order valence-corrected chi connectivity index (χ1v) is 7.43. The van der Waals surface area contributed by atoms with Crippen LogP contribution in [0.15, 0.2) is 17.5 Å². The van der Waals surface area contributed by atoms with Crippen molar-refractivity contribution in [3.63, 3.8) is 0 Å². The minimum Gasteiger partial charge on any atom is -0.356 e. The van der Waals surface area contributed by atoms with Crippen molar-refractivity contribution in [1.29, 1.82) is 0 Å². The Labute approximate surface area is 112 Å². The molecule has 1 heterocycles. The van der Waals surface area contributed by atoms with Crippen molar-refractivity contribution < 1.29 is 4.79 Å². The molecule has 2 nitrogen and oxygen atoms in total. The molecule has 1 rings (SSSR count). The number of alkyl halides is 1. The summed E-state index contributed by atoms with van der Waals surface area (Å²) in [4.78, 5) is 12.8. The Balaban J connectivity index is 1.98. The second-order valence-corrected chi connectivity index (χ2v) is 5.98. The Hall–Kier alpha value is -0.540. The van der Waals surface area contributed by atoms with Crippen LogP contribution < -0.4 is 5.32 Å². The smallest absolute Gasteiger partial charge is 0.220 e. The van der Waals surface area contributed by atoms with Gasteiger partial charge in [0, 0.05) is 23.2 Å². The highest BCUT2D eigenvalue weighted by atomic mass is 35.5. The lowest BCUT2D eigenvalue weighted by atomic mass is 10.2. The lowest BCUT2D eigenvalue weighted by molar-refractivity contribution is -0.121. The molecule has 0 saturated carbocycles. The molecule has 0 saturated heterocycles. The third kappa shape index (κ3) is 7.40. The van der Waals surface area contributed by atoms with E-state index < -0.39 is 0 Å². The van der Waals surface area contributed by atoms with Crippen molar-refractivity contribution >= 4 is 28.8 Å². The summed E-state index contributed by atoms with van der Waals surface area (Å²) in [6.07, 6.45) is 4.47. The third-order valence-electron chi connectivity index (χ3n) is 2.51. The Morgan fingerprint density at radius 3 is 3.00 bits per heavy atom. The zero-order chi connectivity index (χ0) is 12.5. The third-order valence-corrected chi connectivity index (χ3v) is 3.66. The molecule has 4 heteroatoms. The van der Waals surface area contributed by atoms with Crippen LogP contribution in [0.1, 0.15) is 37.5 Å². The second-order valence-electron chi connectivity index (χ2n) is 4.21. The summed E-state index contributed by atoms with van der Waals surface area (Å²) >= 11 is 7.58. The van der Waals surface area contributed by atoms with Crippen LogP contribution in [0.3, 0.4) is 0 Å². The number of hydrogen-bond acceptors (Lipinski definition) is 2. The molecule has 0 bridgehead atoms. The van der Waals surface area contributed by atoms with E-state index in [4.69, 9.17) is 11.6 Å². The predicted molar refractivity (Wildman–Crippen MR) is 74.8 cm³/mol. The lowest BCUT2D eigenvalue weighted by Gasteiger charge is -2.05. The molecule has 1 unspecified atom stereocenters. The van der Waals surface area contributed by atoms with Gasteiger partial charge in [0.1, 0.15) is 0 Å². The zero-order valence-electron chi connectivity index (χ0n) is 10.2. The van der Waals surface area contributed by atoms with Gasteiger partial charge < -0.3 is 5.32 Å². The van der Waals surface area contributed by atoms with Crippen molar-refractivity contribution in [2.24, 2.45) is 0 Å². The van der Waals surface area contributed by atoms with Crippen LogP contribution in [0.4, 0.5) is 0 Å². The van der Waals surface area contributed by atoms with Crippen molar-refractivity contribution in [2.75, 3.05) is 6.54 Å². The first kappa shape index (κ1) is 14.5. The molecule has 0 aliphatic heterocycles. The van der Waals surface area contributed by atoms with Gasteiger partial charge in [0.25, 0.3) is 0 Å². The zero-order valence-corrected chi connectivity index (χ0v) is 11.8. The molecule has 96 valence electrons. The van der Waals surface area contributed by atoms with Crippen LogP contribution >= 0.6 is 22.9 Å². The molecule has 0 aromatic carbocycles. The van der Waals surface area contributed by atoms with Gasteiger partial charge in [-0.25, -0.2) is 0 Å². The van der Waals surface area contributed by atoms with E-state index in [0.717, 1.165) is 32.2 Å². The summed E-state index contributed by atoms with van der Waals surface area (Å²) in [6, 6.07) is 4.16. The van der Waals surface area contributed by atoms with Gasteiger partial charge in [0.15, 0.2) is 0 Å². The van der Waals surface area contributed by atoms with E-state index in [-0.39, 0.29) is 11.3 Å². The Kier molecular flexibility index (Phi) is 7.29. The molecular weight excluding hydrogens is 254 g/mol. The fourth-order valence-corrected chi connectivity index (χ4v) is 2.48. The van der Waals surface area contributed by atoms with Crippen molar-refractivity contribution in [1.82, 2.24) is 5.32 Å². The number of halogens is 1. The fourth-order valence-electron chi connectivity index (χ4n) is 1.58. The molecule has 1 aromatic rings. The minimum atomic E-state index is 0.156. The number of hydrogen-bond donors (Lipinski definition) is 1. The molecule has 1 amide bonds. The summed E-state index contributed by atoms with van der Waals surface area (Å²) in [6.45, 7) is 2.72. The maximum Gasteiger partial charge on any atom is 0.220 e. The van der Waals surface area contributed by atoms with Crippen LogP contribution in [0.25, 0.3) is 0 Å². The average molecular weight is 274 g/mol. The first-order chi connectivity index (χ1) is 8.18. The number of nitrogens with one attached hydrogen (secondary N) is 1. The van der Waals surface area contributed by atoms with Gasteiger partial charge in [0.2, 0.25) is 5.91 Å². The quantitative estimate of drug-likeness (QED) is 0.569. The number of carbonyl (C=O) groups is 1. The Morgan fingerprint density at radius 2 is 2.35 bits per heavy atom. The number of rotatable bonds is 8. The number of thiophene rings is 1. The van der Waals surface area contributed by atoms with E-state index in [9.17, 15) is 4.79 Å². The van der Waals surface area contributed by atoms with E-state index in [1.54, 1.807) is 11.3 Å². The topological polar surface area (TPSA) is 29.1 Å². The summed E-state index contributed by atoms with van der Waals surface area (Å²) in [5.41, 5.74) is 0. The highest BCUT2D eigenvalue weighted by Crippen LogP contribution is 2.11. The van der Waals surface area contributed by atoms with E-state index in [1.165, 1.54) is 4.88 Å². The van der Waals surface area contributed by atoms with Crippen molar-refractivity contribution in [2.45, 2.75) is 44.4 Å². The van der Waals surface area contributed by atoms with Gasteiger partial charge in [-0.05, 0) is 44.1 Å². The molecular formula is C13H20ClNOS. The minimum absolute atomic E-state index is 0.156. The number of aryl methyl sites for hydroxylation is 1. The van der Waals surface area contributed by atoms with Gasteiger partial charge >= 0.3 is 0 Å². The second kappa shape index (κ2) is 8.54. The molecule has 0 aliphatic carbocycles. The lowest BCUT2D eigenvalue weighted by Crippen LogP contribution is -2.24. The number of carbonyl (C=O) groups excluding carboxylic acids is 1. The Morgan fingerprint density at radius 1 is 1.53 bits per heavy atom. The molecule has 1 N–H and O–H groups in total. The predicted octanol–water partition coefficient (Wildman–Crippen LogP) is 3.59.